The molecule has 4 atom stereocenters. The summed E-state index contributed by atoms with van der Waals surface area (Å²) in [6.45, 7) is 3.29. The summed E-state index contributed by atoms with van der Waals surface area (Å²) in [7, 11) is 1.44. The van der Waals surface area contributed by atoms with Gasteiger partial charge in [0.05, 0.1) is 5.25 Å². The molecule has 1 aromatic carbocycles. The molecule has 0 spiro atoms. The number of urea groups is 1. The first-order chi connectivity index (χ1) is 27.1. The number of nitrogens with zero attached hydrogens (tertiary/aromatic N) is 1. The molecule has 0 radical (unpaired) electrons. The second-order valence-electron chi connectivity index (χ2n) is 13.3. The van der Waals surface area contributed by atoms with Gasteiger partial charge >= 0.3 is 12.1 Å². The maximum absolute atomic E-state index is 13.5. The average molecular weight is 823 g/mol. The van der Waals surface area contributed by atoms with Crippen LogP contribution in [-0.4, -0.2) is 114 Å². The number of primary amides is 2. The Bertz CT molecular complexity index is 1580. The molecule has 0 aromatic heterocycles. The summed E-state index contributed by atoms with van der Waals surface area (Å²) in [5.74, 6) is 0.641. The monoisotopic (exact) mass is 822 g/mol. The third-order valence-electron chi connectivity index (χ3n) is 8.51. The number of amides is 10. The van der Waals surface area contributed by atoms with Crippen molar-refractivity contribution in [3.05, 3.63) is 29.8 Å². The fourth-order valence-electron chi connectivity index (χ4n) is 5.43. The van der Waals surface area contributed by atoms with Crippen molar-refractivity contribution in [3.8, 4) is 0 Å². The molecule has 316 valence electrons. The molecule has 1 aromatic rings. The van der Waals surface area contributed by atoms with Crippen LogP contribution in [0.25, 0.3) is 0 Å². The number of unbranched alkanes of at least 4 members (excludes halogenated alkanes) is 2. The van der Waals surface area contributed by atoms with Crippen LogP contribution in [0, 0.1) is 5.92 Å². The molecule has 0 bridgehead atoms. The number of likely N-dealkylation sites (tertiary alicyclic amines) is 1. The fourth-order valence-corrected chi connectivity index (χ4v) is 6.64. The van der Waals surface area contributed by atoms with Gasteiger partial charge in [0.2, 0.25) is 41.4 Å². The van der Waals surface area contributed by atoms with Crippen LogP contribution in [0.3, 0.4) is 0 Å². The molecule has 10 amide bonds. The van der Waals surface area contributed by atoms with Gasteiger partial charge in [-0.05, 0) is 49.3 Å². The van der Waals surface area contributed by atoms with E-state index in [0.29, 0.717) is 36.9 Å². The van der Waals surface area contributed by atoms with Crippen molar-refractivity contribution in [1.82, 2.24) is 31.5 Å². The number of nitrogens with two attached hydrogens (primary N) is 3. The first-order valence-electron chi connectivity index (χ1n) is 18.3. The van der Waals surface area contributed by atoms with E-state index in [1.54, 1.807) is 38.1 Å². The molecule has 1 aliphatic rings. The van der Waals surface area contributed by atoms with E-state index in [-0.39, 0.29) is 56.5 Å². The minimum absolute atomic E-state index is 0.0170. The van der Waals surface area contributed by atoms with Crippen molar-refractivity contribution >= 4 is 70.9 Å². The quantitative estimate of drug-likeness (QED) is 0.0320. The molecule has 2 rings (SSSR count). The Kier molecular flexibility index (Phi) is 20.8. The number of imide groups is 1. The fraction of sp³-hybridized carbons (Fsp3) is 0.571. The summed E-state index contributed by atoms with van der Waals surface area (Å²) in [4.78, 5) is 116. The Morgan fingerprint density at radius 3 is 2.21 bits per heavy atom. The van der Waals surface area contributed by atoms with Gasteiger partial charge in [-0.3, -0.25) is 43.3 Å². The minimum Gasteiger partial charge on any atom is -0.445 e. The number of benzene rings is 1. The van der Waals surface area contributed by atoms with Crippen molar-refractivity contribution in [3.63, 3.8) is 0 Å². The number of alkyl carbamates (subject to hydrolysis) is 1. The zero-order valence-electron chi connectivity index (χ0n) is 32.3. The van der Waals surface area contributed by atoms with Gasteiger partial charge in [0.25, 0.3) is 0 Å². The van der Waals surface area contributed by atoms with Gasteiger partial charge in [0, 0.05) is 44.4 Å². The lowest BCUT2D eigenvalue weighted by atomic mass is 10.0. The zero-order chi connectivity index (χ0) is 42.5. The Balaban J connectivity index is 1.89. The zero-order valence-corrected chi connectivity index (χ0v) is 33.1. The van der Waals surface area contributed by atoms with Crippen LogP contribution in [0.5, 0.6) is 0 Å². The van der Waals surface area contributed by atoms with Crippen molar-refractivity contribution in [1.29, 1.82) is 0 Å². The highest BCUT2D eigenvalue weighted by molar-refractivity contribution is 8.00. The highest BCUT2D eigenvalue weighted by Crippen LogP contribution is 2.26. The van der Waals surface area contributed by atoms with Gasteiger partial charge < -0.3 is 48.1 Å². The van der Waals surface area contributed by atoms with E-state index in [1.165, 1.54) is 7.05 Å². The molecule has 1 fully saturated rings. The number of hydrogen-bond acceptors (Lipinski definition) is 13. The predicted octanol–water partition coefficient (Wildman–Crippen LogP) is -1.16. The van der Waals surface area contributed by atoms with E-state index in [0.717, 1.165) is 16.7 Å². The molecule has 57 heavy (non-hydrogen) atoms. The van der Waals surface area contributed by atoms with Gasteiger partial charge in [-0.15, -0.1) is 11.8 Å². The summed E-state index contributed by atoms with van der Waals surface area (Å²) in [6.07, 6.45) is 1.12. The van der Waals surface area contributed by atoms with E-state index in [1.807, 2.05) is 0 Å². The van der Waals surface area contributed by atoms with Crippen molar-refractivity contribution < 1.29 is 52.7 Å². The lowest BCUT2D eigenvalue weighted by Gasteiger charge is -2.25. The van der Waals surface area contributed by atoms with E-state index >= 15 is 0 Å². The van der Waals surface area contributed by atoms with Crippen LogP contribution in [-0.2, 0) is 49.7 Å². The molecule has 1 aliphatic heterocycles. The van der Waals surface area contributed by atoms with E-state index in [2.05, 4.69) is 36.7 Å². The molecule has 1 heterocycles. The van der Waals surface area contributed by atoms with E-state index in [9.17, 15) is 43.2 Å². The number of rotatable bonds is 25. The Hall–Kier alpha value is -5.48. The Morgan fingerprint density at radius 2 is 1.60 bits per heavy atom. The Labute approximate surface area is 334 Å². The summed E-state index contributed by atoms with van der Waals surface area (Å²) < 4.78 is 5.01. The van der Waals surface area contributed by atoms with E-state index < -0.39 is 77.5 Å². The first kappa shape index (κ1) is 47.7. The number of carbonyl (C=O) groups excluding carboxylic acids is 9. The van der Waals surface area contributed by atoms with Gasteiger partial charge in [-0.2, -0.15) is 0 Å². The molecule has 2 unspecified atom stereocenters. The number of carbonyl (C=O) groups is 9. The second-order valence-corrected chi connectivity index (χ2v) is 14.6. The molecule has 0 aliphatic carbocycles. The SMILES string of the molecule is CNC(=O)OCc1ccc(NC(=O)[C@H](CCCNC(N)=O)NC(=O)[C@@H](NC(=O)CCCCCN2C(=O)CC(SCC(NC(=O)CON)C(N)=O)C2=O)C(C)C)cc1. The highest BCUT2D eigenvalue weighted by Gasteiger charge is 2.39. The maximum atomic E-state index is 13.5. The summed E-state index contributed by atoms with van der Waals surface area (Å²) in [5.41, 5.74) is 11.6. The molecular formula is C35H54N10O11S. The minimum atomic E-state index is -1.10. The van der Waals surface area contributed by atoms with Gasteiger partial charge in [-0.25, -0.2) is 15.5 Å². The molecular weight excluding hydrogens is 769 g/mol. The van der Waals surface area contributed by atoms with Crippen LogP contribution >= 0.6 is 11.8 Å². The number of hydrogen-bond donors (Lipinski definition) is 9. The van der Waals surface area contributed by atoms with E-state index in [4.69, 9.17) is 22.1 Å². The number of nitrogens with one attached hydrogen (secondary N) is 6. The highest BCUT2D eigenvalue weighted by atomic mass is 32.2. The van der Waals surface area contributed by atoms with Crippen molar-refractivity contribution in [2.75, 3.05) is 37.8 Å². The third-order valence-corrected chi connectivity index (χ3v) is 9.80. The largest absolute Gasteiger partial charge is 0.445 e. The Morgan fingerprint density at radius 1 is 0.895 bits per heavy atom. The van der Waals surface area contributed by atoms with Crippen LogP contribution in [0.15, 0.2) is 24.3 Å². The standard InChI is InChI=1S/C35H54N10O11S/c1-20(2)29(32(51)43-23(8-7-14-40-34(37)53)31(50)41-22-12-10-21(11-13-22)17-55-35(54)39-3)44-26(46)9-5-4-6-15-45-28(48)16-25(33(45)52)57-19-24(30(36)49)42-27(47)18-56-38/h10-13,20,23-25,29H,4-9,14-19,38H2,1-3H3,(H2,36,49)(H,39,54)(H,41,50)(H,42,47)(H,43,51)(H,44,46)(H3,37,40,53)/t23-,24?,25?,29-/m0/s1. The van der Waals surface area contributed by atoms with Crippen LogP contribution in [0.2, 0.25) is 0 Å². The van der Waals surface area contributed by atoms with Crippen LogP contribution in [0.1, 0.15) is 64.4 Å². The van der Waals surface area contributed by atoms with Crippen LogP contribution in [0.4, 0.5) is 15.3 Å². The van der Waals surface area contributed by atoms with Gasteiger partial charge in [-0.1, -0.05) is 32.4 Å². The molecule has 1 saturated heterocycles. The van der Waals surface area contributed by atoms with Crippen molar-refractivity contribution in [2.45, 2.75) is 88.8 Å². The third kappa shape index (κ3) is 17.5. The number of anilines is 1. The topological polar surface area (TPSA) is 326 Å². The molecule has 0 saturated carbocycles. The molecule has 12 N–H and O–H groups in total. The van der Waals surface area contributed by atoms with Crippen molar-refractivity contribution in [2.24, 2.45) is 23.3 Å². The maximum Gasteiger partial charge on any atom is 0.407 e. The molecule has 22 heteroatoms. The second kappa shape index (κ2) is 24.9. The number of ether oxygens (including phenoxy) is 1. The predicted molar refractivity (Wildman–Crippen MR) is 207 cm³/mol. The first-order valence-corrected chi connectivity index (χ1v) is 19.3. The summed E-state index contributed by atoms with van der Waals surface area (Å²) in [6, 6.07) is 2.67. The van der Waals surface area contributed by atoms with Gasteiger partial charge in [0.1, 0.15) is 31.3 Å². The van der Waals surface area contributed by atoms with Gasteiger partial charge in [0.15, 0.2) is 0 Å². The van der Waals surface area contributed by atoms with Crippen LogP contribution < -0.4 is 49.3 Å². The molecule has 21 nitrogen and oxygen atoms in total. The smallest absolute Gasteiger partial charge is 0.407 e. The average Bonchev–Trinajstić information content (AvgIpc) is 3.43. The normalized spacial score (nSPS) is 15.2. The lowest BCUT2D eigenvalue weighted by Crippen LogP contribution is -2.54. The lowest BCUT2D eigenvalue weighted by molar-refractivity contribution is -0.138. The number of thioether (sulfide) groups is 1. The summed E-state index contributed by atoms with van der Waals surface area (Å²) >= 11 is 1.03. The summed E-state index contributed by atoms with van der Waals surface area (Å²) in [5, 5.41) is 14.6.